The number of hydrogen-bond acceptors (Lipinski definition) is 12. The third kappa shape index (κ3) is 8.18. The molecule has 3 aliphatic rings. The second-order valence-electron chi connectivity index (χ2n) is 13.8. The quantitative estimate of drug-likeness (QED) is 0.166. The van der Waals surface area contributed by atoms with Crippen LogP contribution in [0.15, 0.2) is 85.2 Å². The van der Waals surface area contributed by atoms with Gasteiger partial charge in [0.2, 0.25) is 11.9 Å². The Balaban J connectivity index is 1.08. The van der Waals surface area contributed by atoms with Gasteiger partial charge in [-0.3, -0.25) is 9.11 Å². The van der Waals surface area contributed by atoms with Crippen molar-refractivity contribution in [2.45, 2.75) is 26.1 Å². The molecule has 8 rings (SSSR count). The van der Waals surface area contributed by atoms with Crippen molar-refractivity contribution in [2.24, 2.45) is 0 Å². The summed E-state index contributed by atoms with van der Waals surface area (Å²) in [5.41, 5.74) is 7.44. The summed E-state index contributed by atoms with van der Waals surface area (Å²) in [4.78, 5) is 29.4. The van der Waals surface area contributed by atoms with Crippen LogP contribution in [0.2, 0.25) is 0 Å². The summed E-state index contributed by atoms with van der Waals surface area (Å²) < 4.78 is 28.3. The maximum atomic E-state index is 11.8. The van der Waals surface area contributed by atoms with Crippen molar-refractivity contribution in [1.29, 1.82) is 0 Å². The van der Waals surface area contributed by atoms with E-state index in [1.807, 2.05) is 36.7 Å². The van der Waals surface area contributed by atoms with Gasteiger partial charge >= 0.3 is 0 Å². The summed E-state index contributed by atoms with van der Waals surface area (Å²) in [6.45, 7) is 7.42. The average Bonchev–Trinajstić information content (AvgIpc) is 3.66. The molecular formula is C41H46N8O4S. The van der Waals surface area contributed by atoms with E-state index in [1.165, 1.54) is 5.56 Å². The molecule has 0 amide bonds. The van der Waals surface area contributed by atoms with Gasteiger partial charge in [0.05, 0.1) is 33.1 Å². The molecule has 5 heterocycles. The van der Waals surface area contributed by atoms with E-state index in [9.17, 15) is 4.21 Å². The SMILES string of the molecule is COc1ccc(CN(Cc2ccc(OC)cc2)c2ncc(-c3nc(N4CCOCC4)nc4c3CCN4c3ccc(CN4CCS(=O)CC4)cc3)cn2)cc1. The molecule has 13 heteroatoms. The molecule has 0 radical (unpaired) electrons. The van der Waals surface area contributed by atoms with E-state index < -0.39 is 10.8 Å². The maximum Gasteiger partial charge on any atom is 0.228 e. The number of hydrogen-bond donors (Lipinski definition) is 0. The van der Waals surface area contributed by atoms with Crippen LogP contribution in [0.3, 0.4) is 0 Å². The molecule has 0 aliphatic carbocycles. The average molecular weight is 747 g/mol. The molecule has 280 valence electrons. The largest absolute Gasteiger partial charge is 0.497 e. The summed E-state index contributed by atoms with van der Waals surface area (Å²) >= 11 is 0. The van der Waals surface area contributed by atoms with Crippen LogP contribution < -0.4 is 24.2 Å². The number of nitrogens with zero attached hydrogens (tertiary/aromatic N) is 8. The van der Waals surface area contributed by atoms with Crippen molar-refractivity contribution in [3.8, 4) is 22.8 Å². The maximum absolute atomic E-state index is 11.8. The number of anilines is 4. The summed E-state index contributed by atoms with van der Waals surface area (Å²) in [5.74, 6) is 5.41. The molecule has 0 N–H and O–H groups in total. The third-order valence-electron chi connectivity index (χ3n) is 10.3. The van der Waals surface area contributed by atoms with Crippen LogP contribution in [0, 0.1) is 0 Å². The van der Waals surface area contributed by atoms with E-state index in [4.69, 9.17) is 34.1 Å². The Morgan fingerprint density at radius 1 is 0.741 bits per heavy atom. The summed E-state index contributed by atoms with van der Waals surface area (Å²) in [5, 5.41) is 0. The summed E-state index contributed by atoms with van der Waals surface area (Å²) in [7, 11) is 2.68. The zero-order valence-corrected chi connectivity index (χ0v) is 31.7. The van der Waals surface area contributed by atoms with Gasteiger partial charge in [0, 0.05) is 104 Å². The van der Waals surface area contributed by atoms with E-state index in [0.717, 1.165) is 108 Å². The van der Waals surface area contributed by atoms with Crippen molar-refractivity contribution in [2.75, 3.05) is 86.4 Å². The van der Waals surface area contributed by atoms with E-state index in [0.29, 0.717) is 38.2 Å². The molecule has 2 saturated heterocycles. The minimum atomic E-state index is -0.675. The molecule has 3 aliphatic heterocycles. The second-order valence-corrected chi connectivity index (χ2v) is 15.5. The first-order chi connectivity index (χ1) is 26.5. The number of ether oxygens (including phenoxy) is 3. The predicted molar refractivity (Wildman–Crippen MR) is 212 cm³/mol. The van der Waals surface area contributed by atoms with Crippen LogP contribution >= 0.6 is 0 Å². The minimum absolute atomic E-state index is 0.617. The van der Waals surface area contributed by atoms with Gasteiger partial charge in [0.1, 0.15) is 17.3 Å². The Kier molecular flexibility index (Phi) is 11.0. The molecule has 2 fully saturated rings. The number of methoxy groups -OCH3 is 2. The lowest BCUT2D eigenvalue weighted by atomic mass is 10.1. The van der Waals surface area contributed by atoms with Crippen molar-refractivity contribution in [3.63, 3.8) is 0 Å². The van der Waals surface area contributed by atoms with Gasteiger partial charge in [0.15, 0.2) is 0 Å². The van der Waals surface area contributed by atoms with Gasteiger partial charge < -0.3 is 28.9 Å². The smallest absolute Gasteiger partial charge is 0.228 e. The molecule has 0 atom stereocenters. The van der Waals surface area contributed by atoms with E-state index in [2.05, 4.69) is 68.1 Å². The first kappa shape index (κ1) is 35.9. The summed E-state index contributed by atoms with van der Waals surface area (Å²) in [6, 6.07) is 25.0. The van der Waals surface area contributed by atoms with Crippen LogP contribution in [-0.2, 0) is 41.6 Å². The zero-order chi connectivity index (χ0) is 36.9. The molecule has 5 aromatic rings. The van der Waals surface area contributed by atoms with E-state index >= 15 is 0 Å². The molecule has 12 nitrogen and oxygen atoms in total. The van der Waals surface area contributed by atoms with Crippen molar-refractivity contribution < 1.29 is 18.4 Å². The highest BCUT2D eigenvalue weighted by Crippen LogP contribution is 2.39. The van der Waals surface area contributed by atoms with Crippen molar-refractivity contribution >= 4 is 34.2 Å². The lowest BCUT2D eigenvalue weighted by molar-refractivity contribution is 0.122. The molecule has 0 spiro atoms. The number of morpholine rings is 1. The van der Waals surface area contributed by atoms with Gasteiger partial charge in [-0.1, -0.05) is 36.4 Å². The first-order valence-electron chi connectivity index (χ1n) is 18.5. The Labute approximate surface area is 319 Å². The van der Waals surface area contributed by atoms with E-state index in [1.54, 1.807) is 14.2 Å². The highest BCUT2D eigenvalue weighted by molar-refractivity contribution is 7.85. The lowest BCUT2D eigenvalue weighted by Gasteiger charge is -2.28. The molecule has 3 aromatic carbocycles. The number of aromatic nitrogens is 4. The highest BCUT2D eigenvalue weighted by Gasteiger charge is 2.30. The van der Waals surface area contributed by atoms with Crippen LogP contribution in [0.25, 0.3) is 11.3 Å². The Morgan fingerprint density at radius 3 is 1.93 bits per heavy atom. The van der Waals surface area contributed by atoms with Gasteiger partial charge in [-0.05, 0) is 59.5 Å². The van der Waals surface area contributed by atoms with Gasteiger partial charge in [-0.25, -0.2) is 15.0 Å². The number of fused-ring (bicyclic) bond motifs is 1. The molecule has 2 aromatic heterocycles. The fraction of sp³-hybridized carbons (Fsp3) is 0.366. The number of rotatable bonds is 12. The van der Waals surface area contributed by atoms with Crippen LogP contribution in [-0.4, -0.2) is 101 Å². The Hall–Kier alpha value is -5.11. The third-order valence-corrected chi connectivity index (χ3v) is 11.6. The fourth-order valence-electron chi connectivity index (χ4n) is 7.22. The van der Waals surface area contributed by atoms with Gasteiger partial charge in [-0.2, -0.15) is 4.98 Å². The Morgan fingerprint density at radius 2 is 1.33 bits per heavy atom. The topological polar surface area (TPSA) is 109 Å². The molecule has 54 heavy (non-hydrogen) atoms. The standard InChI is InChI=1S/C41H46N8O4S/c1-51-35-11-5-31(6-12-35)28-48(29-32-7-13-36(52-2)14-8-32)40-42-25-33(26-43-40)38-37-15-16-49(39(37)45-41(44-38)47-17-21-53-22-18-47)34-9-3-30(4-10-34)27-46-19-23-54(50)24-20-46/h3-14,25-26H,15-24,27-29H2,1-2H3. The van der Waals surface area contributed by atoms with E-state index in [-0.39, 0.29) is 0 Å². The monoisotopic (exact) mass is 746 g/mol. The highest BCUT2D eigenvalue weighted by atomic mass is 32.2. The second kappa shape index (κ2) is 16.5. The van der Waals surface area contributed by atoms with Crippen LogP contribution in [0.4, 0.5) is 23.4 Å². The molecular weight excluding hydrogens is 701 g/mol. The Bertz CT molecular complexity index is 1980. The lowest BCUT2D eigenvalue weighted by Crippen LogP contribution is -2.37. The van der Waals surface area contributed by atoms with Crippen LogP contribution in [0.5, 0.6) is 11.5 Å². The normalized spacial score (nSPS) is 16.3. The minimum Gasteiger partial charge on any atom is -0.497 e. The first-order valence-corrected chi connectivity index (χ1v) is 20.0. The predicted octanol–water partition coefficient (Wildman–Crippen LogP) is 5.25. The van der Waals surface area contributed by atoms with Gasteiger partial charge in [0.25, 0.3) is 0 Å². The van der Waals surface area contributed by atoms with Gasteiger partial charge in [-0.15, -0.1) is 0 Å². The molecule has 0 saturated carbocycles. The van der Waals surface area contributed by atoms with Crippen molar-refractivity contribution in [1.82, 2.24) is 24.8 Å². The fourth-order valence-corrected chi connectivity index (χ4v) is 8.35. The summed E-state index contributed by atoms with van der Waals surface area (Å²) in [6.07, 6.45) is 4.61. The molecule has 0 unspecified atom stereocenters. The zero-order valence-electron chi connectivity index (χ0n) is 30.9. The molecule has 0 bridgehead atoms. The van der Waals surface area contributed by atoms with Crippen LogP contribution in [0.1, 0.15) is 22.3 Å². The van der Waals surface area contributed by atoms with Crippen molar-refractivity contribution in [3.05, 3.63) is 107 Å². The number of benzene rings is 3.